The second-order valence-corrected chi connectivity index (χ2v) is 9.34. The van der Waals surface area contributed by atoms with E-state index in [1.54, 1.807) is 23.9 Å². The lowest BCUT2D eigenvalue weighted by Gasteiger charge is -2.09. The molecule has 0 fully saturated rings. The highest BCUT2D eigenvalue weighted by Crippen LogP contribution is 2.29. The smallest absolute Gasteiger partial charge is 0.214 e. The Morgan fingerprint density at radius 3 is 2.54 bits per heavy atom. The topological polar surface area (TPSA) is 124 Å². The van der Waals surface area contributed by atoms with Crippen molar-refractivity contribution in [3.05, 3.63) is 108 Å². The summed E-state index contributed by atoms with van der Waals surface area (Å²) in [6.45, 7) is 2.33. The van der Waals surface area contributed by atoms with E-state index in [9.17, 15) is 9.90 Å². The van der Waals surface area contributed by atoms with Crippen LogP contribution in [-0.2, 0) is 6.54 Å². The summed E-state index contributed by atoms with van der Waals surface area (Å²) in [6.07, 6.45) is 3.44. The number of aromatic hydroxyl groups is 1. The van der Waals surface area contributed by atoms with Gasteiger partial charge < -0.3 is 25.1 Å². The molecule has 0 aliphatic rings. The number of anilines is 1. The Morgan fingerprint density at radius 2 is 1.79 bits per heavy atom. The molecule has 0 aliphatic heterocycles. The van der Waals surface area contributed by atoms with Gasteiger partial charge in [0.25, 0.3) is 0 Å². The van der Waals surface area contributed by atoms with Crippen molar-refractivity contribution in [3.63, 3.8) is 0 Å². The molecule has 9 heteroatoms. The van der Waals surface area contributed by atoms with Crippen LogP contribution in [-0.4, -0.2) is 42.3 Å². The molecule has 0 aliphatic carbocycles. The highest BCUT2D eigenvalue weighted by Gasteiger charge is 2.22. The first-order chi connectivity index (χ1) is 18.9. The Morgan fingerprint density at radius 1 is 1.03 bits per heavy atom. The van der Waals surface area contributed by atoms with E-state index in [-0.39, 0.29) is 17.4 Å². The average molecular weight is 519 g/mol. The number of nitrogens with two attached hydrogens (primary N) is 1. The number of imidazole rings is 1. The van der Waals surface area contributed by atoms with Gasteiger partial charge in [0.15, 0.2) is 0 Å². The zero-order chi connectivity index (χ0) is 27.1. The Labute approximate surface area is 224 Å². The Kier molecular flexibility index (Phi) is 5.88. The van der Waals surface area contributed by atoms with Gasteiger partial charge in [0.05, 0.1) is 41.3 Å². The van der Waals surface area contributed by atoms with Gasteiger partial charge in [0, 0.05) is 18.3 Å². The lowest BCUT2D eigenvalue weighted by Crippen LogP contribution is -2.12. The first-order valence-electron chi connectivity index (χ1n) is 12.4. The maximum atomic E-state index is 13.9. The highest BCUT2D eigenvalue weighted by atomic mass is 16.5. The van der Waals surface area contributed by atoms with E-state index in [1.807, 2.05) is 78.4 Å². The monoisotopic (exact) mass is 518 g/mol. The van der Waals surface area contributed by atoms with Crippen molar-refractivity contribution in [3.8, 4) is 28.3 Å². The molecule has 0 bridgehead atoms. The number of hydrogen-bond donors (Lipinski definition) is 3. The SMILES string of the molecule is COc1ccc(-c2cc(C(=O)c3cnn(-c4ccc5[nH]c(C)nc5c4)c3N)n(Cc3ccc(O)cc3)c2)cc1. The number of nitrogens with zero attached hydrogens (tertiary/aromatic N) is 4. The molecule has 0 radical (unpaired) electrons. The van der Waals surface area contributed by atoms with Crippen molar-refractivity contribution in [2.75, 3.05) is 12.8 Å². The number of ether oxygens (including phenoxy) is 1. The van der Waals surface area contributed by atoms with Crippen LogP contribution in [0.5, 0.6) is 11.5 Å². The minimum Gasteiger partial charge on any atom is -0.508 e. The number of phenolic OH excluding ortho intramolecular Hbond substituents is 1. The first kappa shape index (κ1) is 24.1. The molecule has 9 nitrogen and oxygen atoms in total. The van der Waals surface area contributed by atoms with Gasteiger partial charge in [0.2, 0.25) is 5.78 Å². The van der Waals surface area contributed by atoms with Gasteiger partial charge in [-0.15, -0.1) is 0 Å². The fourth-order valence-corrected chi connectivity index (χ4v) is 4.70. The Hall–Kier alpha value is -5.31. The fourth-order valence-electron chi connectivity index (χ4n) is 4.70. The third-order valence-corrected chi connectivity index (χ3v) is 6.72. The first-order valence-corrected chi connectivity index (χ1v) is 12.4. The van der Waals surface area contributed by atoms with Crippen LogP contribution in [0.4, 0.5) is 5.82 Å². The van der Waals surface area contributed by atoms with Gasteiger partial charge in [-0.2, -0.15) is 5.10 Å². The van der Waals surface area contributed by atoms with Crippen LogP contribution in [0, 0.1) is 6.92 Å². The Balaban J connectivity index is 1.39. The fraction of sp³-hybridized carbons (Fsp3) is 0.100. The highest BCUT2D eigenvalue weighted by molar-refractivity contribution is 6.11. The molecule has 6 rings (SSSR count). The van der Waals surface area contributed by atoms with E-state index in [2.05, 4.69) is 15.1 Å². The number of aryl methyl sites for hydroxylation is 1. The molecule has 3 aromatic carbocycles. The number of phenols is 1. The maximum Gasteiger partial charge on any atom is 0.214 e. The molecule has 194 valence electrons. The number of carbonyl (C=O) groups is 1. The molecule has 4 N–H and O–H groups in total. The van der Waals surface area contributed by atoms with Gasteiger partial charge in [-0.3, -0.25) is 4.79 Å². The summed E-state index contributed by atoms with van der Waals surface area (Å²) in [5.41, 5.74) is 12.4. The number of benzene rings is 3. The normalized spacial score (nSPS) is 11.2. The molecule has 39 heavy (non-hydrogen) atoms. The van der Waals surface area contributed by atoms with Crippen LogP contribution < -0.4 is 10.5 Å². The van der Waals surface area contributed by atoms with E-state index < -0.39 is 0 Å². The quantitative estimate of drug-likeness (QED) is 0.253. The second kappa shape index (κ2) is 9.53. The predicted molar refractivity (Wildman–Crippen MR) is 149 cm³/mol. The summed E-state index contributed by atoms with van der Waals surface area (Å²) in [5, 5.41) is 14.1. The zero-order valence-electron chi connectivity index (χ0n) is 21.4. The molecule has 6 aromatic rings. The standard InChI is InChI=1S/C30H26N6O3/c1-18-33-26-12-7-22(14-27(26)34-18)36-30(31)25(15-32-36)29(38)28-13-21(20-5-10-24(39-2)11-6-20)17-35(28)16-19-3-8-23(37)9-4-19/h3-15,17,37H,16,31H2,1-2H3,(H,33,34). The summed E-state index contributed by atoms with van der Waals surface area (Å²) < 4.78 is 8.73. The molecule has 0 atom stereocenters. The number of aromatic amines is 1. The third kappa shape index (κ3) is 4.50. The molecule has 0 spiro atoms. The van der Waals surface area contributed by atoms with Gasteiger partial charge in [-0.25, -0.2) is 9.67 Å². The van der Waals surface area contributed by atoms with Crippen molar-refractivity contribution < 1.29 is 14.6 Å². The van der Waals surface area contributed by atoms with E-state index >= 15 is 0 Å². The number of methoxy groups -OCH3 is 1. The minimum absolute atomic E-state index is 0.185. The molecule has 0 unspecified atom stereocenters. The van der Waals surface area contributed by atoms with Crippen LogP contribution in [0.1, 0.15) is 27.4 Å². The lowest BCUT2D eigenvalue weighted by molar-refractivity contribution is 0.103. The predicted octanol–water partition coefficient (Wildman–Crippen LogP) is 5.10. The van der Waals surface area contributed by atoms with E-state index in [0.717, 1.165) is 39.3 Å². The summed E-state index contributed by atoms with van der Waals surface area (Å²) in [6, 6.07) is 22.1. The number of carbonyl (C=O) groups excluding carboxylic acids is 1. The van der Waals surface area contributed by atoms with Crippen LogP contribution in [0.3, 0.4) is 0 Å². The number of aromatic nitrogens is 5. The van der Waals surface area contributed by atoms with Crippen LogP contribution in [0.2, 0.25) is 0 Å². The molecule has 3 heterocycles. The summed E-state index contributed by atoms with van der Waals surface area (Å²) in [4.78, 5) is 21.6. The maximum absolute atomic E-state index is 13.9. The molecule has 0 saturated heterocycles. The number of hydrogen-bond acceptors (Lipinski definition) is 6. The average Bonchev–Trinajstić information content (AvgIpc) is 3.65. The molecule has 0 amide bonds. The van der Waals surface area contributed by atoms with E-state index in [0.29, 0.717) is 23.5 Å². The van der Waals surface area contributed by atoms with Gasteiger partial charge in [-0.1, -0.05) is 24.3 Å². The molecule has 3 aromatic heterocycles. The van der Waals surface area contributed by atoms with Crippen LogP contribution >= 0.6 is 0 Å². The summed E-state index contributed by atoms with van der Waals surface area (Å²) in [5.74, 6) is 1.75. The van der Waals surface area contributed by atoms with Crippen molar-refractivity contribution in [2.24, 2.45) is 0 Å². The Bertz CT molecular complexity index is 1810. The zero-order valence-corrected chi connectivity index (χ0v) is 21.4. The van der Waals surface area contributed by atoms with Crippen molar-refractivity contribution >= 4 is 22.6 Å². The number of H-pyrrole nitrogens is 1. The summed E-state index contributed by atoms with van der Waals surface area (Å²) in [7, 11) is 1.62. The number of fused-ring (bicyclic) bond motifs is 1. The molecular weight excluding hydrogens is 492 g/mol. The van der Waals surface area contributed by atoms with Gasteiger partial charge >= 0.3 is 0 Å². The lowest BCUT2D eigenvalue weighted by atomic mass is 10.1. The molecule has 0 saturated carbocycles. The second-order valence-electron chi connectivity index (χ2n) is 9.34. The largest absolute Gasteiger partial charge is 0.508 e. The number of rotatable bonds is 7. The van der Waals surface area contributed by atoms with Crippen molar-refractivity contribution in [1.29, 1.82) is 0 Å². The van der Waals surface area contributed by atoms with Crippen LogP contribution in [0.25, 0.3) is 27.8 Å². The van der Waals surface area contributed by atoms with E-state index in [4.69, 9.17) is 10.5 Å². The van der Waals surface area contributed by atoms with Gasteiger partial charge in [-0.05, 0) is 66.6 Å². The number of nitrogen functional groups attached to an aromatic ring is 1. The molecular formula is C30H26N6O3. The number of nitrogens with one attached hydrogen (secondary N) is 1. The number of ketones is 1. The van der Waals surface area contributed by atoms with Gasteiger partial charge in [0.1, 0.15) is 23.1 Å². The van der Waals surface area contributed by atoms with E-state index in [1.165, 1.54) is 6.20 Å². The summed E-state index contributed by atoms with van der Waals surface area (Å²) >= 11 is 0. The minimum atomic E-state index is -0.242. The van der Waals surface area contributed by atoms with Crippen LogP contribution in [0.15, 0.2) is 85.2 Å². The van der Waals surface area contributed by atoms with Crippen molar-refractivity contribution in [1.82, 2.24) is 24.3 Å². The van der Waals surface area contributed by atoms with Crippen molar-refractivity contribution in [2.45, 2.75) is 13.5 Å². The third-order valence-electron chi connectivity index (χ3n) is 6.72.